The van der Waals surface area contributed by atoms with Crippen molar-refractivity contribution in [3.05, 3.63) is 24.3 Å². The topological polar surface area (TPSA) is 158 Å². The van der Waals surface area contributed by atoms with E-state index in [-0.39, 0.29) is 17.9 Å². The van der Waals surface area contributed by atoms with Crippen LogP contribution in [0.1, 0.15) is 39.5 Å². The number of ether oxygens (including phenoxy) is 4. The van der Waals surface area contributed by atoms with E-state index in [0.29, 0.717) is 18.6 Å². The minimum atomic E-state index is -4.26. The quantitative estimate of drug-likeness (QED) is 0.170. The van der Waals surface area contributed by atoms with Gasteiger partial charge in [-0.25, -0.2) is 18.7 Å². The maximum atomic E-state index is 13.3. The third-order valence-corrected chi connectivity index (χ3v) is 6.38. The van der Waals surface area contributed by atoms with Crippen LogP contribution in [0, 0.1) is 0 Å². The Morgan fingerprint density at radius 1 is 1.09 bits per heavy atom. The van der Waals surface area contributed by atoms with E-state index < -0.39 is 53.9 Å². The van der Waals surface area contributed by atoms with Crippen molar-refractivity contribution in [2.75, 3.05) is 27.1 Å². The molecule has 1 aromatic rings. The molecule has 0 radical (unpaired) electrons. The van der Waals surface area contributed by atoms with Crippen LogP contribution in [0.15, 0.2) is 29.2 Å². The second-order valence-electron chi connectivity index (χ2n) is 6.64. The Hall–Kier alpha value is -2.90. The van der Waals surface area contributed by atoms with Gasteiger partial charge in [0.25, 0.3) is 5.91 Å². The second kappa shape index (κ2) is 14.3. The maximum Gasteiger partial charge on any atom is 0.511 e. The van der Waals surface area contributed by atoms with E-state index in [1.807, 2.05) is 6.92 Å². The van der Waals surface area contributed by atoms with Gasteiger partial charge in [-0.1, -0.05) is 19.8 Å². The monoisotopic (exact) mass is 490 g/mol. The Balaban J connectivity index is 3.07. The molecule has 0 aliphatic carbocycles. The molecule has 0 aromatic heterocycles. The summed E-state index contributed by atoms with van der Waals surface area (Å²) in [5, 5.41) is 9.16. The predicted molar refractivity (Wildman–Crippen MR) is 114 cm³/mol. The van der Waals surface area contributed by atoms with Crippen LogP contribution in [-0.2, 0) is 33.8 Å². The minimum Gasteiger partial charge on any atom is -0.497 e. The number of carbonyl (C=O) groups excluding carboxylic acids is 3. The number of carbonyl (C=O) groups is 3. The Labute approximate surface area is 192 Å². The second-order valence-corrected chi connectivity index (χ2v) is 8.53. The van der Waals surface area contributed by atoms with Crippen LogP contribution >= 0.6 is 0 Å². The van der Waals surface area contributed by atoms with Crippen molar-refractivity contribution in [3.63, 3.8) is 0 Å². The molecule has 0 spiro atoms. The first-order valence-corrected chi connectivity index (χ1v) is 11.7. The fraction of sp³-hybridized carbons (Fsp3) is 0.550. The van der Waals surface area contributed by atoms with Gasteiger partial charge in [-0.2, -0.15) is 4.31 Å². The smallest absolute Gasteiger partial charge is 0.497 e. The molecule has 2 N–H and O–H groups in total. The molecule has 12 nitrogen and oxygen atoms in total. The molecule has 0 heterocycles. The van der Waals surface area contributed by atoms with Crippen molar-refractivity contribution in [1.82, 2.24) is 9.79 Å². The number of amides is 1. The third-order valence-electron chi connectivity index (χ3n) is 4.45. The zero-order valence-corrected chi connectivity index (χ0v) is 19.6. The summed E-state index contributed by atoms with van der Waals surface area (Å²) in [5.41, 5.74) is 1.49. The first kappa shape index (κ1) is 28.1. The number of unbranched alkanes of at least 4 members (excludes halogenated alkanes) is 1. The van der Waals surface area contributed by atoms with Gasteiger partial charge in [-0.3, -0.25) is 14.8 Å². The Kier molecular flexibility index (Phi) is 12.2. The molecule has 0 aliphatic heterocycles. The number of hydrogen-bond donors (Lipinski definition) is 2. The fourth-order valence-corrected chi connectivity index (χ4v) is 4.40. The molecule has 1 atom stereocenters. The lowest BCUT2D eigenvalue weighted by Crippen LogP contribution is -2.49. The van der Waals surface area contributed by atoms with Gasteiger partial charge in [0.1, 0.15) is 11.8 Å². The summed E-state index contributed by atoms with van der Waals surface area (Å²) < 4.78 is 46.3. The molecule has 0 aliphatic rings. The van der Waals surface area contributed by atoms with Crippen LogP contribution in [0.3, 0.4) is 0 Å². The SMILES string of the molecule is CCCCC(C(=O)NO)N(CCC(=O)OCOC(=O)OCC)S(=O)(=O)c1ccc(OC)cc1. The fourth-order valence-electron chi connectivity index (χ4n) is 2.78. The zero-order chi connectivity index (χ0) is 24.9. The summed E-state index contributed by atoms with van der Waals surface area (Å²) in [6.07, 6.45) is -0.195. The Morgan fingerprint density at radius 3 is 2.30 bits per heavy atom. The molecule has 1 rings (SSSR count). The van der Waals surface area contributed by atoms with Crippen LogP contribution in [0.4, 0.5) is 4.79 Å². The van der Waals surface area contributed by atoms with E-state index in [0.717, 1.165) is 4.31 Å². The highest BCUT2D eigenvalue weighted by molar-refractivity contribution is 7.89. The van der Waals surface area contributed by atoms with Crippen molar-refractivity contribution >= 4 is 28.1 Å². The number of hydrogen-bond acceptors (Lipinski definition) is 10. The van der Waals surface area contributed by atoms with Gasteiger partial charge in [0.2, 0.25) is 16.8 Å². The van der Waals surface area contributed by atoms with Gasteiger partial charge < -0.3 is 18.9 Å². The van der Waals surface area contributed by atoms with Gasteiger partial charge in [0.05, 0.1) is 25.0 Å². The van der Waals surface area contributed by atoms with Crippen molar-refractivity contribution in [2.24, 2.45) is 0 Å². The van der Waals surface area contributed by atoms with Crippen LogP contribution in [-0.4, -0.2) is 69.1 Å². The lowest BCUT2D eigenvalue weighted by atomic mass is 10.1. The number of nitrogens with one attached hydrogen (secondary N) is 1. The highest BCUT2D eigenvalue weighted by Crippen LogP contribution is 2.24. The number of benzene rings is 1. The van der Waals surface area contributed by atoms with E-state index in [1.165, 1.54) is 36.9 Å². The molecule has 0 saturated heterocycles. The van der Waals surface area contributed by atoms with Crippen molar-refractivity contribution in [3.8, 4) is 5.75 Å². The standard InChI is InChI=1S/C20H30N2O10S/c1-4-6-7-17(19(24)21-26)22(13-12-18(23)31-14-32-20(25)30-5-2)33(27,28)16-10-8-15(29-3)9-11-16/h8-11,17,26H,4-7,12-14H2,1-3H3,(H,21,24). The van der Waals surface area contributed by atoms with Crippen molar-refractivity contribution in [2.45, 2.75) is 50.5 Å². The first-order valence-electron chi connectivity index (χ1n) is 10.3. The minimum absolute atomic E-state index is 0.0804. The summed E-state index contributed by atoms with van der Waals surface area (Å²) in [6.45, 7) is 2.38. The van der Waals surface area contributed by atoms with Crippen LogP contribution in [0.2, 0.25) is 0 Å². The highest BCUT2D eigenvalue weighted by Gasteiger charge is 2.36. The first-order chi connectivity index (χ1) is 15.7. The van der Waals surface area contributed by atoms with Gasteiger partial charge in [-0.15, -0.1) is 0 Å². The van der Waals surface area contributed by atoms with Crippen molar-refractivity contribution < 1.29 is 47.0 Å². The van der Waals surface area contributed by atoms with E-state index in [1.54, 1.807) is 6.92 Å². The molecule has 0 fully saturated rings. The third kappa shape index (κ3) is 8.86. The molecule has 0 saturated carbocycles. The summed E-state index contributed by atoms with van der Waals surface area (Å²) in [5.74, 6) is -1.37. The Bertz CT molecular complexity index is 873. The normalized spacial score (nSPS) is 12.0. The summed E-state index contributed by atoms with van der Waals surface area (Å²) in [4.78, 5) is 35.4. The largest absolute Gasteiger partial charge is 0.511 e. The zero-order valence-electron chi connectivity index (χ0n) is 18.8. The molecule has 1 unspecified atom stereocenters. The average Bonchev–Trinajstić information content (AvgIpc) is 2.80. The summed E-state index contributed by atoms with van der Waals surface area (Å²) >= 11 is 0. The van der Waals surface area contributed by atoms with Gasteiger partial charge in [0.15, 0.2) is 0 Å². The predicted octanol–water partition coefficient (Wildman–Crippen LogP) is 1.81. The van der Waals surface area contributed by atoms with E-state index >= 15 is 0 Å². The lowest BCUT2D eigenvalue weighted by Gasteiger charge is -2.29. The maximum absolute atomic E-state index is 13.3. The van der Waals surface area contributed by atoms with Gasteiger partial charge in [-0.05, 0) is 37.6 Å². The number of sulfonamides is 1. The number of methoxy groups -OCH3 is 1. The lowest BCUT2D eigenvalue weighted by molar-refractivity contribution is -0.153. The molecule has 0 bridgehead atoms. The number of esters is 1. The van der Waals surface area contributed by atoms with E-state index in [9.17, 15) is 22.8 Å². The molecule has 1 aromatic carbocycles. The van der Waals surface area contributed by atoms with Crippen LogP contribution in [0.25, 0.3) is 0 Å². The number of rotatable bonds is 14. The summed E-state index contributed by atoms with van der Waals surface area (Å²) in [6, 6.07) is 4.23. The van der Waals surface area contributed by atoms with E-state index in [2.05, 4.69) is 9.47 Å². The molecule has 1 amide bonds. The molecule has 13 heteroatoms. The van der Waals surface area contributed by atoms with Crippen molar-refractivity contribution in [1.29, 1.82) is 0 Å². The molecular weight excluding hydrogens is 460 g/mol. The van der Waals surface area contributed by atoms with Gasteiger partial charge >= 0.3 is 12.1 Å². The highest BCUT2D eigenvalue weighted by atomic mass is 32.2. The van der Waals surface area contributed by atoms with Crippen LogP contribution in [0.5, 0.6) is 5.75 Å². The van der Waals surface area contributed by atoms with E-state index in [4.69, 9.17) is 14.7 Å². The van der Waals surface area contributed by atoms with Crippen LogP contribution < -0.4 is 10.2 Å². The van der Waals surface area contributed by atoms with Gasteiger partial charge in [0, 0.05) is 6.54 Å². The average molecular weight is 491 g/mol. The number of nitrogens with zero attached hydrogens (tertiary/aromatic N) is 1. The number of hydroxylamine groups is 1. The molecule has 186 valence electrons. The summed E-state index contributed by atoms with van der Waals surface area (Å²) in [7, 11) is -2.83. The molecule has 33 heavy (non-hydrogen) atoms. The molecular formula is C20H30N2O10S. The Morgan fingerprint density at radius 2 is 1.76 bits per heavy atom.